The third kappa shape index (κ3) is 4.74. The summed E-state index contributed by atoms with van der Waals surface area (Å²) in [5.74, 6) is 0.387. The molecule has 1 heterocycles. The van der Waals surface area contributed by atoms with Gasteiger partial charge in [-0.15, -0.1) is 0 Å². The number of hydrogen-bond donors (Lipinski definition) is 1. The Morgan fingerprint density at radius 3 is 2.95 bits per heavy atom. The van der Waals surface area contributed by atoms with Gasteiger partial charge in [0, 0.05) is 24.7 Å². The number of rotatable bonds is 5. The first-order valence-corrected chi connectivity index (χ1v) is 9.08. The lowest BCUT2D eigenvalue weighted by atomic mass is 9.99. The molecule has 1 fully saturated rings. The summed E-state index contributed by atoms with van der Waals surface area (Å²) in [7, 11) is -3.05. The maximum atomic E-state index is 11.6. The van der Waals surface area contributed by atoms with E-state index in [1.807, 2.05) is 24.3 Å². The fourth-order valence-corrected chi connectivity index (χ4v) is 3.72. The summed E-state index contributed by atoms with van der Waals surface area (Å²) in [5.41, 5.74) is 1.15. The van der Waals surface area contributed by atoms with E-state index in [0.717, 1.165) is 36.5 Å². The summed E-state index contributed by atoms with van der Waals surface area (Å²) < 4.78 is 24.7. The zero-order chi connectivity index (χ0) is 14.6. The van der Waals surface area contributed by atoms with Gasteiger partial charge in [-0.3, -0.25) is 0 Å². The summed E-state index contributed by atoms with van der Waals surface area (Å²) >= 11 is 5.94. The van der Waals surface area contributed by atoms with Gasteiger partial charge in [0.2, 0.25) is 10.0 Å². The van der Waals surface area contributed by atoms with Crippen molar-refractivity contribution < 1.29 is 8.42 Å². The largest absolute Gasteiger partial charge is 0.312 e. The number of nitrogens with zero attached hydrogens (tertiary/aromatic N) is 1. The molecular formula is C14H21ClN2O2S. The molecule has 1 N–H and O–H groups in total. The van der Waals surface area contributed by atoms with Gasteiger partial charge in [0.15, 0.2) is 0 Å². The van der Waals surface area contributed by atoms with Gasteiger partial charge in [-0.25, -0.2) is 12.7 Å². The molecular weight excluding hydrogens is 296 g/mol. The Hall–Kier alpha value is -0.620. The Morgan fingerprint density at radius 2 is 2.25 bits per heavy atom. The number of benzene rings is 1. The number of piperidine rings is 1. The third-order valence-electron chi connectivity index (χ3n) is 3.60. The van der Waals surface area contributed by atoms with Gasteiger partial charge in [-0.2, -0.15) is 0 Å². The Balaban J connectivity index is 1.79. The van der Waals surface area contributed by atoms with Crippen LogP contribution in [-0.2, 0) is 16.6 Å². The number of sulfonamides is 1. The van der Waals surface area contributed by atoms with Crippen molar-refractivity contribution in [2.45, 2.75) is 19.4 Å². The second-order valence-electron chi connectivity index (χ2n) is 5.39. The monoisotopic (exact) mass is 316 g/mol. The lowest BCUT2D eigenvalue weighted by Gasteiger charge is -2.31. The van der Waals surface area contributed by atoms with Crippen LogP contribution in [0, 0.1) is 5.92 Å². The van der Waals surface area contributed by atoms with Crippen LogP contribution >= 0.6 is 11.6 Å². The molecule has 1 saturated heterocycles. The predicted octanol–water partition coefficient (Wildman–Crippen LogP) is 2.10. The minimum atomic E-state index is -3.05. The molecule has 4 nitrogen and oxygen atoms in total. The van der Waals surface area contributed by atoms with E-state index in [9.17, 15) is 8.42 Å². The summed E-state index contributed by atoms with van der Waals surface area (Å²) in [6.07, 6.45) is 3.31. The minimum absolute atomic E-state index is 0.387. The molecule has 0 aromatic heterocycles. The van der Waals surface area contributed by atoms with Crippen molar-refractivity contribution in [1.82, 2.24) is 9.62 Å². The van der Waals surface area contributed by atoms with Crippen molar-refractivity contribution in [3.05, 3.63) is 34.9 Å². The van der Waals surface area contributed by atoms with E-state index in [2.05, 4.69) is 5.32 Å². The molecule has 1 aliphatic rings. The van der Waals surface area contributed by atoms with E-state index in [1.165, 1.54) is 6.26 Å². The molecule has 0 amide bonds. The standard InChI is InChI=1S/C14H21ClN2O2S/c1-20(18,19)17-7-3-5-13(11-17)10-16-9-12-4-2-6-14(15)8-12/h2,4,6,8,13,16H,3,5,7,9-11H2,1H3. The normalized spacial score (nSPS) is 21.0. The molecule has 1 aliphatic heterocycles. The summed E-state index contributed by atoms with van der Waals surface area (Å²) in [5, 5.41) is 4.13. The predicted molar refractivity (Wildman–Crippen MR) is 82.3 cm³/mol. The minimum Gasteiger partial charge on any atom is -0.312 e. The molecule has 1 aromatic rings. The highest BCUT2D eigenvalue weighted by Crippen LogP contribution is 2.18. The van der Waals surface area contributed by atoms with E-state index >= 15 is 0 Å². The molecule has 1 unspecified atom stereocenters. The topological polar surface area (TPSA) is 49.4 Å². The molecule has 0 aliphatic carbocycles. The smallest absolute Gasteiger partial charge is 0.211 e. The average Bonchev–Trinajstić information content (AvgIpc) is 2.38. The summed E-state index contributed by atoms with van der Waals surface area (Å²) in [6, 6.07) is 7.77. The summed E-state index contributed by atoms with van der Waals surface area (Å²) in [4.78, 5) is 0. The van der Waals surface area contributed by atoms with Crippen molar-refractivity contribution in [3.63, 3.8) is 0 Å². The van der Waals surface area contributed by atoms with Gasteiger partial charge in [-0.1, -0.05) is 23.7 Å². The molecule has 2 rings (SSSR count). The number of nitrogens with one attached hydrogen (secondary N) is 1. The zero-order valence-electron chi connectivity index (χ0n) is 11.7. The number of hydrogen-bond acceptors (Lipinski definition) is 3. The molecule has 20 heavy (non-hydrogen) atoms. The SMILES string of the molecule is CS(=O)(=O)N1CCCC(CNCc2cccc(Cl)c2)C1. The Morgan fingerprint density at radius 1 is 1.45 bits per heavy atom. The van der Waals surface area contributed by atoms with Crippen LogP contribution in [0.5, 0.6) is 0 Å². The lowest BCUT2D eigenvalue weighted by Crippen LogP contribution is -2.42. The van der Waals surface area contributed by atoms with Crippen molar-refractivity contribution in [1.29, 1.82) is 0 Å². The van der Waals surface area contributed by atoms with Crippen LogP contribution in [0.25, 0.3) is 0 Å². The van der Waals surface area contributed by atoms with E-state index in [1.54, 1.807) is 4.31 Å². The average molecular weight is 317 g/mol. The van der Waals surface area contributed by atoms with Crippen molar-refractivity contribution in [2.24, 2.45) is 5.92 Å². The van der Waals surface area contributed by atoms with Crippen molar-refractivity contribution >= 4 is 21.6 Å². The second kappa shape index (κ2) is 6.89. The first-order valence-electron chi connectivity index (χ1n) is 6.85. The van der Waals surface area contributed by atoms with Crippen molar-refractivity contribution in [2.75, 3.05) is 25.9 Å². The van der Waals surface area contributed by atoms with Crippen molar-refractivity contribution in [3.8, 4) is 0 Å². The molecule has 112 valence electrons. The first kappa shape index (κ1) is 15.8. The zero-order valence-corrected chi connectivity index (χ0v) is 13.3. The van der Waals surface area contributed by atoms with Crippen LogP contribution in [-0.4, -0.2) is 38.6 Å². The lowest BCUT2D eigenvalue weighted by molar-refractivity contribution is 0.261. The molecule has 0 bridgehead atoms. The van der Waals surface area contributed by atoms with E-state index in [-0.39, 0.29) is 0 Å². The second-order valence-corrected chi connectivity index (χ2v) is 7.81. The maximum Gasteiger partial charge on any atom is 0.211 e. The molecule has 6 heteroatoms. The maximum absolute atomic E-state index is 11.6. The Kier molecular flexibility index (Phi) is 5.43. The van der Waals surface area contributed by atoms with Crippen LogP contribution in [0.1, 0.15) is 18.4 Å². The van der Waals surface area contributed by atoms with Gasteiger partial charge < -0.3 is 5.32 Å². The highest BCUT2D eigenvalue weighted by Gasteiger charge is 2.25. The fraction of sp³-hybridized carbons (Fsp3) is 0.571. The fourth-order valence-electron chi connectivity index (χ4n) is 2.56. The van der Waals surface area contributed by atoms with E-state index < -0.39 is 10.0 Å². The third-order valence-corrected chi connectivity index (χ3v) is 5.11. The first-order chi connectivity index (χ1) is 9.45. The summed E-state index contributed by atoms with van der Waals surface area (Å²) in [6.45, 7) is 2.87. The van der Waals surface area contributed by atoms with E-state index in [4.69, 9.17) is 11.6 Å². The van der Waals surface area contributed by atoms with Crippen LogP contribution in [0.2, 0.25) is 5.02 Å². The van der Waals surface area contributed by atoms with Crippen LogP contribution in [0.15, 0.2) is 24.3 Å². The van der Waals surface area contributed by atoms with E-state index in [0.29, 0.717) is 19.0 Å². The number of halogens is 1. The highest BCUT2D eigenvalue weighted by molar-refractivity contribution is 7.88. The quantitative estimate of drug-likeness (QED) is 0.905. The van der Waals surface area contributed by atoms with Gasteiger partial charge >= 0.3 is 0 Å². The Bertz CT molecular complexity index is 548. The van der Waals surface area contributed by atoms with Crippen LogP contribution in [0.4, 0.5) is 0 Å². The molecule has 0 radical (unpaired) electrons. The van der Waals surface area contributed by atoms with Gasteiger partial charge in [0.1, 0.15) is 0 Å². The van der Waals surface area contributed by atoms with Gasteiger partial charge in [0.05, 0.1) is 6.26 Å². The Labute approximate surface area is 126 Å². The van der Waals surface area contributed by atoms with Gasteiger partial charge in [-0.05, 0) is 43.0 Å². The van der Waals surface area contributed by atoms with Crippen LogP contribution < -0.4 is 5.32 Å². The highest BCUT2D eigenvalue weighted by atomic mass is 35.5. The van der Waals surface area contributed by atoms with Gasteiger partial charge in [0.25, 0.3) is 0 Å². The molecule has 1 aromatic carbocycles. The molecule has 0 saturated carbocycles. The molecule has 1 atom stereocenters. The molecule has 0 spiro atoms. The van der Waals surface area contributed by atoms with Crippen LogP contribution in [0.3, 0.4) is 0 Å².